The third-order valence-corrected chi connectivity index (χ3v) is 3.77. The third kappa shape index (κ3) is 3.98. The summed E-state index contributed by atoms with van der Waals surface area (Å²) in [4.78, 5) is 12.5. The van der Waals surface area contributed by atoms with Crippen LogP contribution in [0.3, 0.4) is 0 Å². The first-order valence-electron chi connectivity index (χ1n) is 7.73. The summed E-state index contributed by atoms with van der Waals surface area (Å²) < 4.78 is 15.9. The summed E-state index contributed by atoms with van der Waals surface area (Å²) in [5.74, 6) is 1.57. The van der Waals surface area contributed by atoms with Crippen LogP contribution >= 0.6 is 0 Å². The second kappa shape index (κ2) is 8.24. The van der Waals surface area contributed by atoms with E-state index in [2.05, 4.69) is 11.4 Å². The van der Waals surface area contributed by atoms with E-state index in [1.807, 2.05) is 19.1 Å². The quantitative estimate of drug-likeness (QED) is 0.848. The zero-order chi connectivity index (χ0) is 17.5. The summed E-state index contributed by atoms with van der Waals surface area (Å²) in [6.07, 6.45) is 0.675. The zero-order valence-corrected chi connectivity index (χ0v) is 14.5. The minimum Gasteiger partial charge on any atom is -0.496 e. The minimum absolute atomic E-state index is 0.226. The molecule has 0 radical (unpaired) electrons. The lowest BCUT2D eigenvalue weighted by atomic mass is 10.1. The smallest absolute Gasteiger partial charge is 0.258 e. The van der Waals surface area contributed by atoms with Gasteiger partial charge in [0, 0.05) is 6.54 Å². The van der Waals surface area contributed by atoms with Crippen LogP contribution in [0.25, 0.3) is 0 Å². The Kier molecular flexibility index (Phi) is 6.07. The molecule has 0 saturated carbocycles. The van der Waals surface area contributed by atoms with Gasteiger partial charge in [0.05, 0.1) is 21.3 Å². The molecule has 2 aromatic carbocycles. The molecule has 0 aliphatic carbocycles. The van der Waals surface area contributed by atoms with Gasteiger partial charge in [-0.1, -0.05) is 23.8 Å². The monoisotopic (exact) mass is 329 g/mol. The molecule has 5 nitrogen and oxygen atoms in total. The van der Waals surface area contributed by atoms with Crippen LogP contribution in [0.2, 0.25) is 0 Å². The Balaban J connectivity index is 2.08. The Hall–Kier alpha value is -2.69. The largest absolute Gasteiger partial charge is 0.496 e. The Labute approximate surface area is 142 Å². The molecule has 0 saturated heterocycles. The first kappa shape index (κ1) is 17.7. The van der Waals surface area contributed by atoms with E-state index in [1.165, 1.54) is 14.2 Å². The number of hydrogen-bond acceptors (Lipinski definition) is 4. The SMILES string of the molecule is COc1ccc(C)cc1CCNC(=O)c1c(OC)cccc1OC. The van der Waals surface area contributed by atoms with Gasteiger partial charge in [0.25, 0.3) is 5.91 Å². The Morgan fingerprint density at radius 1 is 0.958 bits per heavy atom. The van der Waals surface area contributed by atoms with Crippen LogP contribution in [0.15, 0.2) is 36.4 Å². The number of carbonyl (C=O) groups excluding carboxylic acids is 1. The molecule has 0 bridgehead atoms. The van der Waals surface area contributed by atoms with E-state index in [9.17, 15) is 4.79 Å². The zero-order valence-electron chi connectivity index (χ0n) is 14.5. The number of methoxy groups -OCH3 is 3. The first-order chi connectivity index (χ1) is 11.6. The third-order valence-electron chi connectivity index (χ3n) is 3.77. The van der Waals surface area contributed by atoms with Gasteiger partial charge in [-0.05, 0) is 37.1 Å². The standard InChI is InChI=1S/C19H23NO4/c1-13-8-9-15(22-2)14(12-13)10-11-20-19(21)18-16(23-3)6-5-7-17(18)24-4/h5-9,12H,10-11H2,1-4H3,(H,20,21). The van der Waals surface area contributed by atoms with Crippen molar-refractivity contribution in [1.29, 1.82) is 0 Å². The predicted octanol–water partition coefficient (Wildman–Crippen LogP) is 2.99. The molecule has 0 spiro atoms. The average Bonchev–Trinajstić information content (AvgIpc) is 2.61. The summed E-state index contributed by atoms with van der Waals surface area (Å²) in [7, 11) is 4.71. The molecule has 0 atom stereocenters. The maximum absolute atomic E-state index is 12.5. The van der Waals surface area contributed by atoms with Gasteiger partial charge in [-0.2, -0.15) is 0 Å². The van der Waals surface area contributed by atoms with Crippen LogP contribution in [0.1, 0.15) is 21.5 Å². The summed E-state index contributed by atoms with van der Waals surface area (Å²) in [6.45, 7) is 2.51. The molecule has 128 valence electrons. The fraction of sp³-hybridized carbons (Fsp3) is 0.316. The number of nitrogens with one attached hydrogen (secondary N) is 1. The van der Waals surface area contributed by atoms with Gasteiger partial charge in [0.2, 0.25) is 0 Å². The average molecular weight is 329 g/mol. The van der Waals surface area contributed by atoms with E-state index in [0.29, 0.717) is 30.0 Å². The normalized spacial score (nSPS) is 10.2. The van der Waals surface area contributed by atoms with E-state index >= 15 is 0 Å². The van der Waals surface area contributed by atoms with Crippen LogP contribution in [-0.4, -0.2) is 33.8 Å². The Morgan fingerprint density at radius 2 is 1.58 bits per heavy atom. The number of carbonyl (C=O) groups is 1. The highest BCUT2D eigenvalue weighted by atomic mass is 16.5. The van der Waals surface area contributed by atoms with Crippen molar-refractivity contribution in [2.75, 3.05) is 27.9 Å². The number of amides is 1. The van der Waals surface area contributed by atoms with Crippen LogP contribution in [0, 0.1) is 6.92 Å². The van der Waals surface area contributed by atoms with E-state index in [1.54, 1.807) is 25.3 Å². The van der Waals surface area contributed by atoms with Crippen molar-refractivity contribution in [2.45, 2.75) is 13.3 Å². The predicted molar refractivity (Wildman–Crippen MR) is 93.3 cm³/mol. The van der Waals surface area contributed by atoms with Gasteiger partial charge < -0.3 is 19.5 Å². The van der Waals surface area contributed by atoms with E-state index < -0.39 is 0 Å². The number of aryl methyl sites for hydroxylation is 1. The highest BCUT2D eigenvalue weighted by Gasteiger charge is 2.17. The summed E-state index contributed by atoms with van der Waals surface area (Å²) >= 11 is 0. The molecule has 1 N–H and O–H groups in total. The molecule has 0 aromatic heterocycles. The van der Waals surface area contributed by atoms with Crippen molar-refractivity contribution in [3.63, 3.8) is 0 Å². The minimum atomic E-state index is -0.226. The lowest BCUT2D eigenvalue weighted by Gasteiger charge is -2.14. The van der Waals surface area contributed by atoms with Gasteiger partial charge in [-0.3, -0.25) is 4.79 Å². The molecule has 5 heteroatoms. The van der Waals surface area contributed by atoms with Crippen molar-refractivity contribution in [2.24, 2.45) is 0 Å². The van der Waals surface area contributed by atoms with Crippen molar-refractivity contribution in [3.05, 3.63) is 53.1 Å². The molecule has 0 unspecified atom stereocenters. The van der Waals surface area contributed by atoms with E-state index in [-0.39, 0.29) is 5.91 Å². The second-order valence-corrected chi connectivity index (χ2v) is 5.36. The lowest BCUT2D eigenvalue weighted by Crippen LogP contribution is -2.26. The first-order valence-corrected chi connectivity index (χ1v) is 7.73. The molecule has 0 aliphatic rings. The maximum atomic E-state index is 12.5. The van der Waals surface area contributed by atoms with Gasteiger partial charge in [0.1, 0.15) is 22.8 Å². The van der Waals surface area contributed by atoms with Crippen molar-refractivity contribution in [1.82, 2.24) is 5.32 Å². The molecule has 0 aliphatic heterocycles. The van der Waals surface area contributed by atoms with E-state index in [4.69, 9.17) is 14.2 Å². The Bertz CT molecular complexity index is 690. The van der Waals surface area contributed by atoms with Crippen molar-refractivity contribution >= 4 is 5.91 Å². The number of ether oxygens (including phenoxy) is 3. The molecular weight excluding hydrogens is 306 g/mol. The van der Waals surface area contributed by atoms with Crippen molar-refractivity contribution < 1.29 is 19.0 Å². The fourth-order valence-corrected chi connectivity index (χ4v) is 2.58. The van der Waals surface area contributed by atoms with Crippen LogP contribution in [0.5, 0.6) is 17.2 Å². The molecule has 2 aromatic rings. The highest BCUT2D eigenvalue weighted by molar-refractivity contribution is 5.99. The summed E-state index contributed by atoms with van der Waals surface area (Å²) in [6, 6.07) is 11.3. The van der Waals surface area contributed by atoms with E-state index in [0.717, 1.165) is 16.9 Å². The van der Waals surface area contributed by atoms with Crippen molar-refractivity contribution in [3.8, 4) is 17.2 Å². The Morgan fingerprint density at radius 3 is 2.17 bits per heavy atom. The van der Waals surface area contributed by atoms with Crippen LogP contribution in [-0.2, 0) is 6.42 Å². The van der Waals surface area contributed by atoms with Crippen LogP contribution in [0.4, 0.5) is 0 Å². The summed E-state index contributed by atoms with van der Waals surface area (Å²) in [5, 5.41) is 2.91. The van der Waals surface area contributed by atoms with Gasteiger partial charge in [0.15, 0.2) is 0 Å². The molecule has 0 heterocycles. The molecular formula is C19H23NO4. The van der Waals surface area contributed by atoms with Gasteiger partial charge >= 0.3 is 0 Å². The van der Waals surface area contributed by atoms with Crippen LogP contribution < -0.4 is 19.5 Å². The highest BCUT2D eigenvalue weighted by Crippen LogP contribution is 2.28. The molecule has 2 rings (SSSR count). The molecule has 0 fully saturated rings. The number of hydrogen-bond donors (Lipinski definition) is 1. The molecule has 1 amide bonds. The topological polar surface area (TPSA) is 56.8 Å². The molecule has 24 heavy (non-hydrogen) atoms. The second-order valence-electron chi connectivity index (χ2n) is 5.36. The fourth-order valence-electron chi connectivity index (χ4n) is 2.58. The van der Waals surface area contributed by atoms with Gasteiger partial charge in [-0.25, -0.2) is 0 Å². The number of benzene rings is 2. The van der Waals surface area contributed by atoms with Gasteiger partial charge in [-0.15, -0.1) is 0 Å². The lowest BCUT2D eigenvalue weighted by molar-refractivity contribution is 0.0948. The maximum Gasteiger partial charge on any atom is 0.258 e. The summed E-state index contributed by atoms with van der Waals surface area (Å²) in [5.41, 5.74) is 2.62. The number of rotatable bonds is 7.